The maximum absolute atomic E-state index is 12.3. The summed E-state index contributed by atoms with van der Waals surface area (Å²) >= 11 is 1.28. The van der Waals surface area contributed by atoms with Crippen LogP contribution >= 0.6 is 11.3 Å². The van der Waals surface area contributed by atoms with Crippen LogP contribution < -0.4 is 24.8 Å². The number of amides is 2. The van der Waals surface area contributed by atoms with Gasteiger partial charge in [-0.05, 0) is 48.4 Å². The summed E-state index contributed by atoms with van der Waals surface area (Å²) < 4.78 is 15.6. The molecule has 0 saturated heterocycles. The highest BCUT2D eigenvalue weighted by Gasteiger charge is 2.12. The summed E-state index contributed by atoms with van der Waals surface area (Å²) in [6.07, 6.45) is 0.799. The molecule has 0 radical (unpaired) electrons. The average Bonchev–Trinajstić information content (AvgIpc) is 3.25. The molecule has 2 amide bonds. The van der Waals surface area contributed by atoms with E-state index >= 15 is 0 Å². The summed E-state index contributed by atoms with van der Waals surface area (Å²) in [5.74, 6) is 1.59. The van der Waals surface area contributed by atoms with Crippen molar-refractivity contribution in [2.24, 2.45) is 0 Å². The number of methoxy groups -OCH3 is 3. The van der Waals surface area contributed by atoms with Gasteiger partial charge >= 0.3 is 0 Å². The molecule has 3 aromatic rings. The van der Waals surface area contributed by atoms with Crippen LogP contribution in [0.25, 0.3) is 0 Å². The van der Waals surface area contributed by atoms with Crippen molar-refractivity contribution < 1.29 is 23.8 Å². The summed E-state index contributed by atoms with van der Waals surface area (Å²) in [6.45, 7) is 0.486. The molecule has 0 atom stereocenters. The van der Waals surface area contributed by atoms with E-state index in [2.05, 4.69) is 15.6 Å². The molecular weight excluding hydrogens is 430 g/mol. The van der Waals surface area contributed by atoms with Crippen molar-refractivity contribution in [1.82, 2.24) is 10.3 Å². The molecule has 0 spiro atoms. The zero-order valence-electron chi connectivity index (χ0n) is 18.1. The van der Waals surface area contributed by atoms with Gasteiger partial charge in [0.05, 0.1) is 33.4 Å². The Bertz CT molecular complexity index is 1070. The number of anilines is 1. The molecule has 0 saturated carbocycles. The number of carbonyl (C=O) groups excluding carboxylic acids is 2. The molecule has 2 N–H and O–H groups in total. The largest absolute Gasteiger partial charge is 0.497 e. The molecule has 9 heteroatoms. The normalized spacial score (nSPS) is 10.3. The highest BCUT2D eigenvalue weighted by Crippen LogP contribution is 2.27. The van der Waals surface area contributed by atoms with Crippen molar-refractivity contribution in [1.29, 1.82) is 0 Å². The molecule has 32 heavy (non-hydrogen) atoms. The summed E-state index contributed by atoms with van der Waals surface area (Å²) in [4.78, 5) is 28.9. The third-order valence-corrected chi connectivity index (χ3v) is 5.46. The lowest BCUT2D eigenvalue weighted by molar-refractivity contribution is -0.120. The molecule has 0 aliphatic carbocycles. The van der Waals surface area contributed by atoms with E-state index in [0.717, 1.165) is 5.56 Å². The molecule has 1 aromatic heterocycles. The molecule has 0 fully saturated rings. The highest BCUT2D eigenvalue weighted by molar-refractivity contribution is 7.14. The van der Waals surface area contributed by atoms with E-state index in [0.29, 0.717) is 46.6 Å². The minimum absolute atomic E-state index is 0.135. The number of hydrogen-bond acceptors (Lipinski definition) is 7. The fourth-order valence-corrected chi connectivity index (χ4v) is 3.67. The minimum Gasteiger partial charge on any atom is -0.497 e. The highest BCUT2D eigenvalue weighted by atomic mass is 32.1. The number of aromatic nitrogens is 1. The van der Waals surface area contributed by atoms with Gasteiger partial charge in [0.2, 0.25) is 5.91 Å². The summed E-state index contributed by atoms with van der Waals surface area (Å²) in [7, 11) is 4.75. The van der Waals surface area contributed by atoms with E-state index in [4.69, 9.17) is 14.2 Å². The van der Waals surface area contributed by atoms with Crippen LogP contribution in [0.3, 0.4) is 0 Å². The van der Waals surface area contributed by atoms with Crippen LogP contribution in [-0.2, 0) is 17.6 Å². The molecule has 0 aliphatic rings. The maximum atomic E-state index is 12.3. The van der Waals surface area contributed by atoms with Crippen LogP contribution in [0, 0.1) is 0 Å². The lowest BCUT2D eigenvalue weighted by Crippen LogP contribution is -2.27. The Morgan fingerprint density at radius 1 is 0.969 bits per heavy atom. The minimum atomic E-state index is -0.270. The monoisotopic (exact) mass is 455 g/mol. The van der Waals surface area contributed by atoms with Crippen molar-refractivity contribution in [3.8, 4) is 17.2 Å². The third-order valence-electron chi connectivity index (χ3n) is 4.65. The molecule has 8 nitrogen and oxygen atoms in total. The second-order valence-electron chi connectivity index (χ2n) is 6.79. The van der Waals surface area contributed by atoms with Gasteiger partial charge in [-0.2, -0.15) is 0 Å². The van der Waals surface area contributed by atoms with Crippen LogP contribution in [0.4, 0.5) is 5.13 Å². The fraction of sp³-hybridized carbons (Fsp3) is 0.261. The summed E-state index contributed by atoms with van der Waals surface area (Å²) in [6, 6.07) is 12.5. The molecule has 1 heterocycles. The Labute approximate surface area is 190 Å². The fourth-order valence-electron chi connectivity index (χ4n) is 2.97. The lowest BCUT2D eigenvalue weighted by atomic mass is 10.1. The van der Waals surface area contributed by atoms with Crippen LogP contribution in [0.2, 0.25) is 0 Å². The molecule has 0 unspecified atom stereocenters. The molecular formula is C23H25N3O5S. The van der Waals surface area contributed by atoms with E-state index in [-0.39, 0.29) is 18.2 Å². The Morgan fingerprint density at radius 3 is 2.41 bits per heavy atom. The summed E-state index contributed by atoms with van der Waals surface area (Å²) in [5.41, 5.74) is 2.12. The molecule has 3 rings (SSSR count). The number of nitrogens with one attached hydrogen (secondary N) is 2. The molecule has 0 aliphatic heterocycles. The Hall–Kier alpha value is -3.59. The topological polar surface area (TPSA) is 98.8 Å². The first kappa shape index (κ1) is 23.1. The number of nitrogens with zero attached hydrogens (tertiary/aromatic N) is 1. The van der Waals surface area contributed by atoms with Crippen LogP contribution in [-0.4, -0.2) is 44.7 Å². The molecule has 2 aromatic carbocycles. The number of carbonyl (C=O) groups is 2. The zero-order valence-corrected chi connectivity index (χ0v) is 19.0. The molecule has 168 valence electrons. The first-order valence-corrected chi connectivity index (χ1v) is 10.8. The van der Waals surface area contributed by atoms with Gasteiger partial charge in [-0.1, -0.05) is 6.07 Å². The maximum Gasteiger partial charge on any atom is 0.257 e. The van der Waals surface area contributed by atoms with Crippen molar-refractivity contribution in [3.63, 3.8) is 0 Å². The van der Waals surface area contributed by atoms with Crippen LogP contribution in [0.5, 0.6) is 17.2 Å². The van der Waals surface area contributed by atoms with E-state index in [1.165, 1.54) is 11.3 Å². The van der Waals surface area contributed by atoms with Crippen molar-refractivity contribution >= 4 is 28.3 Å². The Morgan fingerprint density at radius 2 is 1.72 bits per heavy atom. The number of ether oxygens (including phenoxy) is 3. The van der Waals surface area contributed by atoms with Crippen LogP contribution in [0.15, 0.2) is 47.8 Å². The van der Waals surface area contributed by atoms with Gasteiger partial charge in [0.15, 0.2) is 16.6 Å². The molecule has 0 bridgehead atoms. The second kappa shape index (κ2) is 11.1. The van der Waals surface area contributed by atoms with Gasteiger partial charge < -0.3 is 19.5 Å². The van der Waals surface area contributed by atoms with Gasteiger partial charge in [0.25, 0.3) is 5.91 Å². The smallest absolute Gasteiger partial charge is 0.257 e. The number of hydrogen-bond donors (Lipinski definition) is 2. The zero-order chi connectivity index (χ0) is 22.9. The Kier molecular flexibility index (Phi) is 8.04. The quantitative estimate of drug-likeness (QED) is 0.487. The van der Waals surface area contributed by atoms with E-state index < -0.39 is 0 Å². The van der Waals surface area contributed by atoms with Gasteiger partial charge in [-0.25, -0.2) is 4.98 Å². The van der Waals surface area contributed by atoms with Crippen molar-refractivity contribution in [2.75, 3.05) is 33.2 Å². The van der Waals surface area contributed by atoms with Gasteiger partial charge in [-0.15, -0.1) is 11.3 Å². The van der Waals surface area contributed by atoms with Crippen molar-refractivity contribution in [2.45, 2.75) is 12.8 Å². The number of benzene rings is 2. The first-order chi connectivity index (χ1) is 15.5. The van der Waals surface area contributed by atoms with Gasteiger partial charge in [-0.3, -0.25) is 14.9 Å². The number of rotatable bonds is 10. The summed E-state index contributed by atoms with van der Waals surface area (Å²) in [5, 5.41) is 7.84. The van der Waals surface area contributed by atoms with E-state index in [1.54, 1.807) is 51.0 Å². The van der Waals surface area contributed by atoms with E-state index in [9.17, 15) is 9.59 Å². The number of thiazole rings is 1. The van der Waals surface area contributed by atoms with Crippen LogP contribution in [0.1, 0.15) is 21.6 Å². The van der Waals surface area contributed by atoms with Crippen molar-refractivity contribution in [3.05, 3.63) is 64.7 Å². The predicted octanol–water partition coefficient (Wildman–Crippen LogP) is 3.32. The van der Waals surface area contributed by atoms with Gasteiger partial charge in [0, 0.05) is 17.5 Å². The first-order valence-electron chi connectivity index (χ1n) is 9.89. The third kappa shape index (κ3) is 6.21. The average molecular weight is 456 g/mol. The second-order valence-corrected chi connectivity index (χ2v) is 7.65. The Balaban J connectivity index is 1.46. The predicted molar refractivity (Wildman–Crippen MR) is 123 cm³/mol. The SMILES string of the molecule is COc1ccc(C(=O)Nc2nc(CC(=O)NCCc3ccc(OC)c(OC)c3)cs2)cc1. The van der Waals surface area contributed by atoms with E-state index in [1.807, 2.05) is 18.2 Å². The lowest BCUT2D eigenvalue weighted by Gasteiger charge is -2.10. The standard InChI is InChI=1S/C23H25N3O5S/c1-29-18-7-5-16(6-8-18)22(28)26-23-25-17(14-32-23)13-21(27)24-11-10-15-4-9-19(30-2)20(12-15)31-3/h4-9,12,14H,10-11,13H2,1-3H3,(H,24,27)(H,25,26,28). The van der Waals surface area contributed by atoms with Gasteiger partial charge in [0.1, 0.15) is 5.75 Å².